The molecule has 4 heterocycles. The summed E-state index contributed by atoms with van der Waals surface area (Å²) in [6.07, 6.45) is 7.58. The van der Waals surface area contributed by atoms with Gasteiger partial charge in [-0.1, -0.05) is 334 Å². The molecule has 0 bridgehead atoms. The molecule has 0 atom stereocenters. The molecule has 0 fully saturated rings. The monoisotopic (exact) mass is 1470 g/mol. The average Bonchev–Trinajstić information content (AvgIpc) is 0.719. The molecule has 0 aliphatic carbocycles. The first-order valence-corrected chi connectivity index (χ1v) is 39.3. The summed E-state index contributed by atoms with van der Waals surface area (Å²) in [5, 5.41) is 19.9. The maximum absolute atomic E-state index is 5.30. The van der Waals surface area contributed by atoms with Crippen LogP contribution >= 0.6 is 0 Å². The lowest BCUT2D eigenvalue weighted by molar-refractivity contribution is 1.18. The Hall–Kier alpha value is -15.5. The molecule has 18 aromatic carbocycles. The Morgan fingerprint density at radius 2 is 0.457 bits per heavy atom. The molecule has 6 heteroatoms. The number of fused-ring (bicyclic) bond motifs is 14. The van der Waals surface area contributed by atoms with E-state index in [1.54, 1.807) is 6.20 Å². The van der Waals surface area contributed by atoms with Crippen LogP contribution in [0.1, 0.15) is 0 Å². The van der Waals surface area contributed by atoms with Gasteiger partial charge >= 0.3 is 0 Å². The number of pyridine rings is 2. The molecular formula is C110H70N6. The van der Waals surface area contributed by atoms with Gasteiger partial charge in [0, 0.05) is 74.7 Å². The Kier molecular flexibility index (Phi) is 17.5. The van der Waals surface area contributed by atoms with E-state index < -0.39 is 0 Å². The van der Waals surface area contributed by atoms with Crippen molar-refractivity contribution in [3.63, 3.8) is 0 Å². The van der Waals surface area contributed by atoms with Crippen LogP contribution in [0.25, 0.3) is 221 Å². The number of nitrogens with zero attached hydrogens (tertiary/aromatic N) is 6. The molecule has 0 saturated carbocycles. The minimum absolute atomic E-state index is 0.675. The van der Waals surface area contributed by atoms with Crippen molar-refractivity contribution in [3.05, 3.63) is 425 Å². The third kappa shape index (κ3) is 13.1. The minimum Gasteiger partial charge on any atom is -0.264 e. The fourth-order valence-electron chi connectivity index (χ4n) is 16.9. The van der Waals surface area contributed by atoms with Gasteiger partial charge in [0.15, 0.2) is 11.6 Å². The second-order valence-corrected chi connectivity index (χ2v) is 29.7. The molecular weight excluding hydrogens is 1410 g/mol. The van der Waals surface area contributed by atoms with Gasteiger partial charge in [-0.2, -0.15) is 0 Å². The Labute approximate surface area is 671 Å². The zero-order chi connectivity index (χ0) is 76.8. The second kappa shape index (κ2) is 29.6. The van der Waals surface area contributed by atoms with Gasteiger partial charge in [-0.05, 0) is 203 Å². The van der Waals surface area contributed by atoms with Crippen LogP contribution in [0.4, 0.5) is 0 Å². The zero-order valence-electron chi connectivity index (χ0n) is 63.1. The van der Waals surface area contributed by atoms with E-state index in [9.17, 15) is 0 Å². The topological polar surface area (TPSA) is 77.3 Å². The van der Waals surface area contributed by atoms with Crippen LogP contribution in [0.15, 0.2) is 425 Å². The molecule has 22 aromatic rings. The predicted molar refractivity (Wildman–Crippen MR) is 485 cm³/mol. The molecule has 0 unspecified atom stereocenters. The normalized spacial score (nSPS) is 11.4. The van der Waals surface area contributed by atoms with Gasteiger partial charge in [0.1, 0.15) is 0 Å². The fraction of sp³-hybridized carbons (Fsp3) is 0. The lowest BCUT2D eigenvalue weighted by Gasteiger charge is -2.13. The van der Waals surface area contributed by atoms with Gasteiger partial charge in [-0.15, -0.1) is 0 Å². The second-order valence-electron chi connectivity index (χ2n) is 29.7. The average molecular weight is 1480 g/mol. The summed E-state index contributed by atoms with van der Waals surface area (Å²) in [6.45, 7) is 0. The standard InChI is InChI=1S/2C55H35N3/c1-2-12-37-29-41(25-24-36(37)11-1)38-13-7-16-43(30-38)53-34-54(44-17-8-15-40(31-44)46-19-10-28-56-35-46)58-55(57-53)45-18-9-14-39(32-45)42-26-27-51-49-22-4-3-20-47(49)48-21-5-6-23-50(48)52(51)33-42;1-2-12-36(13-3-1)37-24-26-38(27-25-37)53-33-54(42-17-11-16-41(31-42)52-35-56-34-44-14-4-5-19-45(44)52)58-55(57-53)43-18-10-15-39(30-43)40-28-29-50-48-22-7-6-20-46(48)47-21-8-9-23-49(47)51(50)32-40/h2*1-35H. The van der Waals surface area contributed by atoms with E-state index in [0.717, 1.165) is 112 Å². The van der Waals surface area contributed by atoms with Crippen LogP contribution in [0.2, 0.25) is 0 Å². The lowest BCUT2D eigenvalue weighted by Crippen LogP contribution is -1.96. The van der Waals surface area contributed by atoms with Crippen molar-refractivity contribution < 1.29 is 0 Å². The van der Waals surface area contributed by atoms with Crippen molar-refractivity contribution in [2.75, 3.05) is 0 Å². The first-order chi connectivity index (χ1) is 57.4. The third-order valence-electron chi connectivity index (χ3n) is 22.7. The Morgan fingerprint density at radius 1 is 0.138 bits per heavy atom. The highest BCUT2D eigenvalue weighted by Crippen LogP contribution is 2.43. The molecule has 0 amide bonds. The molecule has 116 heavy (non-hydrogen) atoms. The van der Waals surface area contributed by atoms with Gasteiger partial charge in [0.25, 0.3) is 0 Å². The van der Waals surface area contributed by atoms with Gasteiger partial charge in [-0.3, -0.25) is 9.97 Å². The number of hydrogen-bond donors (Lipinski definition) is 0. The van der Waals surface area contributed by atoms with Crippen LogP contribution in [-0.4, -0.2) is 29.9 Å². The molecule has 0 spiro atoms. The number of benzene rings is 18. The molecule has 0 aliphatic rings. The summed E-state index contributed by atoms with van der Waals surface area (Å²) in [4.78, 5) is 30.1. The van der Waals surface area contributed by atoms with E-state index in [4.69, 9.17) is 19.9 Å². The molecule has 0 aliphatic heterocycles. The van der Waals surface area contributed by atoms with E-state index >= 15 is 0 Å². The summed E-state index contributed by atoms with van der Waals surface area (Å²) >= 11 is 0. The van der Waals surface area contributed by atoms with Crippen molar-refractivity contribution >= 4 is 86.2 Å². The first-order valence-electron chi connectivity index (χ1n) is 39.3. The molecule has 0 saturated heterocycles. The van der Waals surface area contributed by atoms with Crippen molar-refractivity contribution in [1.29, 1.82) is 0 Å². The lowest BCUT2D eigenvalue weighted by atomic mass is 9.92. The predicted octanol–water partition coefficient (Wildman–Crippen LogP) is 29.0. The highest BCUT2D eigenvalue weighted by atomic mass is 14.9. The van der Waals surface area contributed by atoms with E-state index in [1.807, 2.05) is 30.7 Å². The summed E-state index contributed by atoms with van der Waals surface area (Å²) in [6, 6.07) is 143. The smallest absolute Gasteiger partial charge is 0.160 e. The number of rotatable bonds is 12. The summed E-state index contributed by atoms with van der Waals surface area (Å²) in [7, 11) is 0. The number of aromatic nitrogens is 6. The maximum atomic E-state index is 5.30. The summed E-state index contributed by atoms with van der Waals surface area (Å²) in [5.74, 6) is 1.35. The van der Waals surface area contributed by atoms with Crippen molar-refractivity contribution in [2.24, 2.45) is 0 Å². The molecule has 6 nitrogen and oxygen atoms in total. The van der Waals surface area contributed by atoms with Crippen molar-refractivity contribution in [3.8, 4) is 135 Å². The maximum Gasteiger partial charge on any atom is 0.160 e. The van der Waals surface area contributed by atoms with E-state index in [0.29, 0.717) is 11.6 Å². The van der Waals surface area contributed by atoms with Gasteiger partial charge in [0.05, 0.1) is 22.8 Å². The van der Waals surface area contributed by atoms with Gasteiger partial charge < -0.3 is 0 Å². The van der Waals surface area contributed by atoms with Crippen LogP contribution < -0.4 is 0 Å². The highest BCUT2D eigenvalue weighted by Gasteiger charge is 2.19. The van der Waals surface area contributed by atoms with Crippen LogP contribution in [0, 0.1) is 0 Å². The van der Waals surface area contributed by atoms with Crippen LogP contribution in [-0.2, 0) is 0 Å². The molecule has 22 rings (SSSR count). The Morgan fingerprint density at radius 3 is 0.948 bits per heavy atom. The molecule has 4 aromatic heterocycles. The zero-order valence-corrected chi connectivity index (χ0v) is 63.1. The Balaban J connectivity index is 0.000000145. The Bertz CT molecular complexity index is 7510. The molecule has 540 valence electrons. The largest absolute Gasteiger partial charge is 0.264 e. The van der Waals surface area contributed by atoms with Gasteiger partial charge in [-0.25, -0.2) is 19.9 Å². The van der Waals surface area contributed by atoms with E-state index in [-0.39, 0.29) is 0 Å². The van der Waals surface area contributed by atoms with Crippen LogP contribution in [0.5, 0.6) is 0 Å². The van der Waals surface area contributed by atoms with Crippen molar-refractivity contribution in [1.82, 2.24) is 29.9 Å². The quantitative estimate of drug-likeness (QED) is 0.113. The SMILES string of the molecule is c1ccc(-c2ccc(-c3cc(-c4cccc(-c5cncc6ccccc56)c4)nc(-c4cccc(-c5ccc6c7ccccc7c7ccccc7c6c5)c4)n3)cc2)cc1.c1cncc(-c2cccc(-c3cc(-c4cccc(-c5ccc6ccccc6c5)c4)nc(-c4cccc(-c5ccc6c7ccccc7c7ccccc7c6c5)c4)n3)c2)c1. The summed E-state index contributed by atoms with van der Waals surface area (Å²) < 4.78 is 0. The molecule has 0 radical (unpaired) electrons. The summed E-state index contributed by atoms with van der Waals surface area (Å²) in [5.41, 5.74) is 23.0. The fourth-order valence-corrected chi connectivity index (χ4v) is 16.9. The van der Waals surface area contributed by atoms with E-state index in [2.05, 4.69) is 398 Å². The minimum atomic E-state index is 0.675. The van der Waals surface area contributed by atoms with Crippen molar-refractivity contribution in [2.45, 2.75) is 0 Å². The highest BCUT2D eigenvalue weighted by molar-refractivity contribution is 6.27. The first kappa shape index (κ1) is 68.5. The number of hydrogen-bond acceptors (Lipinski definition) is 6. The van der Waals surface area contributed by atoms with Crippen LogP contribution in [0.3, 0.4) is 0 Å². The third-order valence-corrected chi connectivity index (χ3v) is 22.7. The molecule has 0 N–H and O–H groups in total. The van der Waals surface area contributed by atoms with Gasteiger partial charge in [0.2, 0.25) is 0 Å². The van der Waals surface area contributed by atoms with E-state index in [1.165, 1.54) is 97.5 Å².